The second-order valence-electron chi connectivity index (χ2n) is 3.12. The SMILES string of the molecule is C[C@](O)(CO)c1ccc(C#N)cc1. The molecule has 0 bridgehead atoms. The van der Waals surface area contributed by atoms with E-state index in [9.17, 15) is 5.11 Å². The summed E-state index contributed by atoms with van der Waals surface area (Å²) in [5, 5.41) is 27.0. The molecular formula is C10H11NO2. The fourth-order valence-electron chi connectivity index (χ4n) is 0.995. The number of hydrogen-bond donors (Lipinski definition) is 2. The number of benzene rings is 1. The number of aliphatic hydroxyl groups is 2. The molecule has 0 spiro atoms. The maximum Gasteiger partial charge on any atom is 0.110 e. The maximum absolute atomic E-state index is 9.63. The van der Waals surface area contributed by atoms with Crippen molar-refractivity contribution in [2.75, 3.05) is 6.61 Å². The average molecular weight is 177 g/mol. The van der Waals surface area contributed by atoms with Gasteiger partial charge in [-0.3, -0.25) is 0 Å². The molecule has 3 nitrogen and oxygen atoms in total. The van der Waals surface area contributed by atoms with Crippen LogP contribution in [0.1, 0.15) is 18.1 Å². The van der Waals surface area contributed by atoms with Crippen molar-refractivity contribution in [1.82, 2.24) is 0 Å². The van der Waals surface area contributed by atoms with E-state index in [1.165, 1.54) is 6.92 Å². The molecule has 0 amide bonds. The lowest BCUT2D eigenvalue weighted by Gasteiger charge is -2.20. The summed E-state index contributed by atoms with van der Waals surface area (Å²) in [6.45, 7) is 1.19. The molecule has 0 aliphatic carbocycles. The predicted molar refractivity (Wildman–Crippen MR) is 47.8 cm³/mol. The second-order valence-corrected chi connectivity index (χ2v) is 3.12. The lowest BCUT2D eigenvalue weighted by Crippen LogP contribution is -2.25. The standard InChI is InChI=1S/C10H11NO2/c1-10(13,7-12)9-4-2-8(6-11)3-5-9/h2-5,12-13H,7H2,1H3/t10-/m0/s1. The van der Waals surface area contributed by atoms with Crippen molar-refractivity contribution in [1.29, 1.82) is 5.26 Å². The molecule has 0 aliphatic rings. The topological polar surface area (TPSA) is 64.2 Å². The normalized spacial score (nSPS) is 14.6. The minimum Gasteiger partial charge on any atom is -0.393 e. The Bertz CT molecular complexity index is 322. The molecule has 0 radical (unpaired) electrons. The summed E-state index contributed by atoms with van der Waals surface area (Å²) in [5.41, 5.74) is -0.0833. The van der Waals surface area contributed by atoms with Crippen molar-refractivity contribution < 1.29 is 10.2 Å². The van der Waals surface area contributed by atoms with E-state index >= 15 is 0 Å². The molecule has 0 saturated heterocycles. The summed E-state index contributed by atoms with van der Waals surface area (Å²) in [6, 6.07) is 8.47. The van der Waals surface area contributed by atoms with Crippen LogP contribution in [0.5, 0.6) is 0 Å². The van der Waals surface area contributed by atoms with Gasteiger partial charge in [-0.05, 0) is 24.6 Å². The van der Waals surface area contributed by atoms with Crippen molar-refractivity contribution >= 4 is 0 Å². The molecule has 0 heterocycles. The first-order valence-electron chi connectivity index (χ1n) is 3.94. The van der Waals surface area contributed by atoms with Crippen LogP contribution in [0.25, 0.3) is 0 Å². The summed E-state index contributed by atoms with van der Waals surface area (Å²) in [5.74, 6) is 0. The van der Waals surface area contributed by atoms with E-state index in [0.29, 0.717) is 11.1 Å². The number of hydrogen-bond acceptors (Lipinski definition) is 3. The highest BCUT2D eigenvalue weighted by atomic mass is 16.3. The van der Waals surface area contributed by atoms with Crippen LogP contribution in [0, 0.1) is 11.3 Å². The monoisotopic (exact) mass is 177 g/mol. The molecule has 68 valence electrons. The lowest BCUT2D eigenvalue weighted by atomic mass is 9.96. The molecule has 0 saturated carbocycles. The molecule has 1 aromatic carbocycles. The Hall–Kier alpha value is -1.37. The van der Waals surface area contributed by atoms with Crippen molar-refractivity contribution in [3.63, 3.8) is 0 Å². The van der Waals surface area contributed by atoms with Crippen molar-refractivity contribution in [3.8, 4) is 6.07 Å². The molecule has 2 N–H and O–H groups in total. The quantitative estimate of drug-likeness (QED) is 0.700. The Kier molecular flexibility index (Phi) is 2.66. The Balaban J connectivity index is 3.00. The molecule has 1 rings (SSSR count). The molecule has 1 atom stereocenters. The predicted octanol–water partition coefficient (Wildman–Crippen LogP) is 0.758. The van der Waals surface area contributed by atoms with Crippen molar-refractivity contribution in [2.24, 2.45) is 0 Å². The van der Waals surface area contributed by atoms with Gasteiger partial charge in [0.25, 0.3) is 0 Å². The van der Waals surface area contributed by atoms with E-state index in [0.717, 1.165) is 0 Å². The van der Waals surface area contributed by atoms with Crippen LogP contribution in [0.15, 0.2) is 24.3 Å². The number of nitrogens with zero attached hydrogens (tertiary/aromatic N) is 1. The van der Waals surface area contributed by atoms with Gasteiger partial charge in [0.05, 0.1) is 18.2 Å². The third-order valence-electron chi connectivity index (χ3n) is 1.94. The highest BCUT2D eigenvalue weighted by Gasteiger charge is 2.21. The highest BCUT2D eigenvalue weighted by Crippen LogP contribution is 2.19. The molecule has 0 unspecified atom stereocenters. The van der Waals surface area contributed by atoms with Crippen LogP contribution in [0.4, 0.5) is 0 Å². The van der Waals surface area contributed by atoms with E-state index in [2.05, 4.69) is 0 Å². The molecule has 0 fully saturated rings. The zero-order valence-corrected chi connectivity index (χ0v) is 7.36. The zero-order valence-electron chi connectivity index (χ0n) is 7.36. The highest BCUT2D eigenvalue weighted by molar-refractivity contribution is 5.33. The summed E-state index contributed by atoms with van der Waals surface area (Å²) in [4.78, 5) is 0. The van der Waals surface area contributed by atoms with E-state index in [1.807, 2.05) is 6.07 Å². The maximum atomic E-state index is 9.63. The van der Waals surface area contributed by atoms with Crippen LogP contribution >= 0.6 is 0 Å². The zero-order chi connectivity index (χ0) is 9.90. The van der Waals surface area contributed by atoms with E-state index in [4.69, 9.17) is 10.4 Å². The van der Waals surface area contributed by atoms with Crippen LogP contribution < -0.4 is 0 Å². The van der Waals surface area contributed by atoms with Gasteiger partial charge in [-0.2, -0.15) is 5.26 Å². The molecular weight excluding hydrogens is 166 g/mol. The molecule has 1 aromatic rings. The van der Waals surface area contributed by atoms with Crippen LogP contribution in [-0.4, -0.2) is 16.8 Å². The van der Waals surface area contributed by atoms with Crippen LogP contribution in [-0.2, 0) is 5.60 Å². The lowest BCUT2D eigenvalue weighted by molar-refractivity contribution is -0.00228. The van der Waals surface area contributed by atoms with Gasteiger partial charge in [0.2, 0.25) is 0 Å². The minimum absolute atomic E-state index is 0.334. The van der Waals surface area contributed by atoms with E-state index < -0.39 is 5.60 Å². The number of aliphatic hydroxyl groups excluding tert-OH is 1. The van der Waals surface area contributed by atoms with Crippen molar-refractivity contribution in [3.05, 3.63) is 35.4 Å². The largest absolute Gasteiger partial charge is 0.393 e. The Morgan fingerprint density at radius 1 is 1.38 bits per heavy atom. The van der Waals surface area contributed by atoms with Gasteiger partial charge in [-0.15, -0.1) is 0 Å². The third kappa shape index (κ3) is 2.05. The van der Waals surface area contributed by atoms with Gasteiger partial charge >= 0.3 is 0 Å². The average Bonchev–Trinajstić information content (AvgIpc) is 2.18. The first-order valence-corrected chi connectivity index (χ1v) is 3.94. The summed E-state index contributed by atoms with van der Waals surface area (Å²) < 4.78 is 0. The van der Waals surface area contributed by atoms with Crippen LogP contribution in [0.2, 0.25) is 0 Å². The van der Waals surface area contributed by atoms with Crippen molar-refractivity contribution in [2.45, 2.75) is 12.5 Å². The van der Waals surface area contributed by atoms with Gasteiger partial charge in [0.1, 0.15) is 5.60 Å². The van der Waals surface area contributed by atoms with Gasteiger partial charge in [0, 0.05) is 0 Å². The first kappa shape index (κ1) is 9.72. The van der Waals surface area contributed by atoms with E-state index in [-0.39, 0.29) is 6.61 Å². The fraction of sp³-hybridized carbons (Fsp3) is 0.300. The van der Waals surface area contributed by atoms with Gasteiger partial charge in [-0.25, -0.2) is 0 Å². The smallest absolute Gasteiger partial charge is 0.110 e. The molecule has 13 heavy (non-hydrogen) atoms. The third-order valence-corrected chi connectivity index (χ3v) is 1.94. The Labute approximate surface area is 76.9 Å². The van der Waals surface area contributed by atoms with Crippen LogP contribution in [0.3, 0.4) is 0 Å². The molecule has 3 heteroatoms. The molecule has 0 aromatic heterocycles. The molecule has 0 aliphatic heterocycles. The Morgan fingerprint density at radius 3 is 2.31 bits per heavy atom. The fourth-order valence-corrected chi connectivity index (χ4v) is 0.995. The van der Waals surface area contributed by atoms with E-state index in [1.54, 1.807) is 24.3 Å². The minimum atomic E-state index is -1.23. The van der Waals surface area contributed by atoms with Gasteiger partial charge < -0.3 is 10.2 Å². The summed E-state index contributed by atoms with van der Waals surface area (Å²) >= 11 is 0. The summed E-state index contributed by atoms with van der Waals surface area (Å²) in [6.07, 6.45) is 0. The first-order chi connectivity index (χ1) is 6.10. The summed E-state index contributed by atoms with van der Waals surface area (Å²) in [7, 11) is 0. The number of nitriles is 1. The second kappa shape index (κ2) is 3.56. The van der Waals surface area contributed by atoms with Gasteiger partial charge in [0.15, 0.2) is 0 Å². The van der Waals surface area contributed by atoms with Gasteiger partial charge in [-0.1, -0.05) is 12.1 Å². The Morgan fingerprint density at radius 2 is 1.92 bits per heavy atom. The number of rotatable bonds is 2.